The van der Waals surface area contributed by atoms with Crippen LogP contribution in [0.15, 0.2) is 40.0 Å². The van der Waals surface area contributed by atoms with E-state index in [0.29, 0.717) is 12.3 Å². The highest BCUT2D eigenvalue weighted by Crippen LogP contribution is 2.21. The van der Waals surface area contributed by atoms with Crippen molar-refractivity contribution >= 4 is 23.4 Å². The molecule has 0 spiro atoms. The third-order valence-corrected chi connectivity index (χ3v) is 4.79. The Hall–Kier alpha value is -2.08. The minimum Gasteiger partial charge on any atom is -0.361 e. The molecular formula is C17H19N3O2S. The lowest BCUT2D eigenvalue weighted by molar-refractivity contribution is -0.127. The summed E-state index contributed by atoms with van der Waals surface area (Å²) < 4.78 is 5.14. The fraction of sp³-hybridized carbons (Fsp3) is 0.353. The van der Waals surface area contributed by atoms with Gasteiger partial charge in [0, 0.05) is 17.7 Å². The Balaban J connectivity index is 1.54. The first-order valence-corrected chi connectivity index (χ1v) is 8.73. The molecule has 2 aromatic rings. The maximum absolute atomic E-state index is 12.3. The summed E-state index contributed by atoms with van der Waals surface area (Å²) in [7, 11) is 0. The molecule has 3 rings (SSSR count). The molecule has 1 aliphatic rings. The highest BCUT2D eigenvalue weighted by molar-refractivity contribution is 7.99. The Morgan fingerprint density at radius 1 is 1.30 bits per heavy atom. The number of carbonyl (C=O) groups is 1. The van der Waals surface area contributed by atoms with Crippen LogP contribution in [0.25, 0.3) is 0 Å². The van der Waals surface area contributed by atoms with Crippen LogP contribution in [-0.2, 0) is 10.5 Å². The zero-order chi connectivity index (χ0) is 16.2. The molecule has 0 N–H and O–H groups in total. The molecular weight excluding hydrogens is 310 g/mol. The summed E-state index contributed by atoms with van der Waals surface area (Å²) in [6, 6.07) is 10.0. The van der Waals surface area contributed by atoms with Gasteiger partial charge in [-0.25, -0.2) is 5.01 Å². The molecule has 0 unspecified atom stereocenters. The monoisotopic (exact) mass is 329 g/mol. The maximum Gasteiger partial charge on any atom is 0.252 e. The zero-order valence-corrected chi connectivity index (χ0v) is 14.1. The topological polar surface area (TPSA) is 58.7 Å². The Kier molecular flexibility index (Phi) is 4.81. The van der Waals surface area contributed by atoms with Gasteiger partial charge in [0.1, 0.15) is 5.76 Å². The van der Waals surface area contributed by atoms with Crippen molar-refractivity contribution < 1.29 is 9.32 Å². The Morgan fingerprint density at radius 3 is 2.78 bits per heavy atom. The standard InChI is InChI=1S/C17H19N3O2S/c1-12-15(13(2)22-19-12)10-23-11-17(21)20-9-8-16(18-20)14-6-4-3-5-7-14/h3-7H,8-11H2,1-2H3. The highest BCUT2D eigenvalue weighted by Gasteiger charge is 2.21. The number of hydrogen-bond acceptors (Lipinski definition) is 5. The number of nitrogens with zero attached hydrogens (tertiary/aromatic N) is 3. The van der Waals surface area contributed by atoms with Gasteiger partial charge >= 0.3 is 0 Å². The molecule has 0 saturated heterocycles. The maximum atomic E-state index is 12.3. The Bertz CT molecular complexity index is 705. The minimum atomic E-state index is 0.0488. The number of rotatable bonds is 5. The van der Waals surface area contributed by atoms with E-state index in [4.69, 9.17) is 4.52 Å². The van der Waals surface area contributed by atoms with Gasteiger partial charge < -0.3 is 4.52 Å². The number of hydrogen-bond donors (Lipinski definition) is 0. The number of benzene rings is 1. The second-order valence-corrected chi connectivity index (χ2v) is 6.46. The van der Waals surface area contributed by atoms with Gasteiger partial charge in [-0.1, -0.05) is 35.5 Å². The molecule has 0 aliphatic carbocycles. The van der Waals surface area contributed by atoms with Crippen LogP contribution in [0, 0.1) is 13.8 Å². The highest BCUT2D eigenvalue weighted by atomic mass is 32.2. The molecule has 0 atom stereocenters. The van der Waals surface area contributed by atoms with Crippen molar-refractivity contribution in [1.82, 2.24) is 10.2 Å². The van der Waals surface area contributed by atoms with Gasteiger partial charge in [-0.2, -0.15) is 5.10 Å². The normalized spacial score (nSPS) is 14.2. The number of hydrazone groups is 1. The molecule has 1 aromatic heterocycles. The third-order valence-electron chi connectivity index (χ3n) is 3.85. The van der Waals surface area contributed by atoms with E-state index in [0.717, 1.165) is 40.5 Å². The summed E-state index contributed by atoms with van der Waals surface area (Å²) in [5.41, 5.74) is 4.05. The number of aryl methyl sites for hydroxylation is 2. The number of amides is 1. The SMILES string of the molecule is Cc1noc(C)c1CSCC(=O)N1CCC(c2ccccc2)=N1. The average molecular weight is 329 g/mol. The van der Waals surface area contributed by atoms with Gasteiger partial charge in [0.2, 0.25) is 0 Å². The summed E-state index contributed by atoms with van der Waals surface area (Å²) in [6.45, 7) is 4.48. The average Bonchev–Trinajstić information content (AvgIpc) is 3.18. The molecule has 0 bridgehead atoms. The van der Waals surface area contributed by atoms with E-state index >= 15 is 0 Å². The van der Waals surface area contributed by atoms with Gasteiger partial charge in [0.25, 0.3) is 5.91 Å². The molecule has 0 saturated carbocycles. The first kappa shape index (κ1) is 15.8. The van der Waals surface area contributed by atoms with Crippen molar-refractivity contribution in [3.63, 3.8) is 0 Å². The van der Waals surface area contributed by atoms with E-state index in [-0.39, 0.29) is 5.91 Å². The fourth-order valence-electron chi connectivity index (χ4n) is 2.49. The molecule has 6 heteroatoms. The second kappa shape index (κ2) is 7.00. The third kappa shape index (κ3) is 3.64. The molecule has 0 radical (unpaired) electrons. The van der Waals surface area contributed by atoms with Crippen LogP contribution >= 0.6 is 11.8 Å². The van der Waals surface area contributed by atoms with Crippen LogP contribution < -0.4 is 0 Å². The summed E-state index contributed by atoms with van der Waals surface area (Å²) in [5.74, 6) is 2.02. The molecule has 0 fully saturated rings. The first-order chi connectivity index (χ1) is 11.1. The van der Waals surface area contributed by atoms with E-state index in [9.17, 15) is 4.79 Å². The molecule has 23 heavy (non-hydrogen) atoms. The predicted octanol–water partition coefficient (Wildman–Crippen LogP) is 3.16. The second-order valence-electron chi connectivity index (χ2n) is 5.48. The fourth-order valence-corrected chi connectivity index (χ4v) is 3.54. The molecule has 120 valence electrons. The van der Waals surface area contributed by atoms with Crippen LogP contribution in [0.4, 0.5) is 0 Å². The number of aromatic nitrogens is 1. The van der Waals surface area contributed by atoms with Crippen molar-refractivity contribution in [2.75, 3.05) is 12.3 Å². The van der Waals surface area contributed by atoms with E-state index in [1.54, 1.807) is 16.8 Å². The van der Waals surface area contributed by atoms with Crippen LogP contribution in [0.1, 0.15) is 29.0 Å². The van der Waals surface area contributed by atoms with Gasteiger partial charge in [-0.3, -0.25) is 4.79 Å². The molecule has 1 aliphatic heterocycles. The van der Waals surface area contributed by atoms with Crippen molar-refractivity contribution in [3.8, 4) is 0 Å². The smallest absolute Gasteiger partial charge is 0.252 e. The van der Waals surface area contributed by atoms with Crippen molar-refractivity contribution in [2.45, 2.75) is 26.0 Å². The van der Waals surface area contributed by atoms with Crippen molar-refractivity contribution in [3.05, 3.63) is 52.9 Å². The summed E-state index contributed by atoms with van der Waals surface area (Å²) in [4.78, 5) is 12.3. The predicted molar refractivity (Wildman–Crippen MR) is 91.4 cm³/mol. The first-order valence-electron chi connectivity index (χ1n) is 7.58. The molecule has 5 nitrogen and oxygen atoms in total. The van der Waals surface area contributed by atoms with E-state index in [1.165, 1.54) is 0 Å². The Labute approximate surface area is 139 Å². The lowest BCUT2D eigenvalue weighted by atomic mass is 10.1. The van der Waals surface area contributed by atoms with Crippen LogP contribution in [-0.4, -0.2) is 34.1 Å². The van der Waals surface area contributed by atoms with Gasteiger partial charge in [-0.05, 0) is 19.4 Å². The van der Waals surface area contributed by atoms with Crippen LogP contribution in [0.3, 0.4) is 0 Å². The van der Waals surface area contributed by atoms with Gasteiger partial charge in [-0.15, -0.1) is 11.8 Å². The Morgan fingerprint density at radius 2 is 2.09 bits per heavy atom. The summed E-state index contributed by atoms with van der Waals surface area (Å²) in [5, 5.41) is 9.98. The lowest BCUT2D eigenvalue weighted by Crippen LogP contribution is -2.25. The van der Waals surface area contributed by atoms with Crippen molar-refractivity contribution in [2.24, 2.45) is 5.10 Å². The molecule has 1 amide bonds. The van der Waals surface area contributed by atoms with Gasteiger partial charge in [0.05, 0.1) is 23.7 Å². The number of thioether (sulfide) groups is 1. The van der Waals surface area contributed by atoms with Crippen molar-refractivity contribution in [1.29, 1.82) is 0 Å². The van der Waals surface area contributed by atoms with E-state index in [2.05, 4.69) is 10.3 Å². The van der Waals surface area contributed by atoms with Gasteiger partial charge in [0.15, 0.2) is 0 Å². The largest absolute Gasteiger partial charge is 0.361 e. The molecule has 2 heterocycles. The quantitative estimate of drug-likeness (QED) is 0.845. The minimum absolute atomic E-state index is 0.0488. The van der Waals surface area contributed by atoms with E-state index < -0.39 is 0 Å². The van der Waals surface area contributed by atoms with Crippen LogP contribution in [0.5, 0.6) is 0 Å². The number of carbonyl (C=O) groups excluding carboxylic acids is 1. The van der Waals surface area contributed by atoms with E-state index in [1.807, 2.05) is 44.2 Å². The van der Waals surface area contributed by atoms with Crippen LogP contribution in [0.2, 0.25) is 0 Å². The lowest BCUT2D eigenvalue weighted by Gasteiger charge is -2.10. The summed E-state index contributed by atoms with van der Waals surface area (Å²) >= 11 is 1.57. The zero-order valence-electron chi connectivity index (χ0n) is 13.3. The summed E-state index contributed by atoms with van der Waals surface area (Å²) in [6.07, 6.45) is 0.810. The molecule has 1 aromatic carbocycles.